The Morgan fingerprint density at radius 2 is 1.68 bits per heavy atom. The van der Waals surface area contributed by atoms with Gasteiger partial charge in [0.2, 0.25) is 15.9 Å². The number of sulfonamides is 1. The lowest BCUT2D eigenvalue weighted by Crippen LogP contribution is -2.43. The number of methoxy groups -OCH3 is 1. The number of amides is 1. The summed E-state index contributed by atoms with van der Waals surface area (Å²) >= 11 is 0. The molecule has 0 saturated carbocycles. The SMILES string of the molecule is COc1ccc(C(C)C)cc1S(=O)(=O)N1CCC(C(=O)N[C@H](C)c2ccccc2)CC1. The van der Waals surface area contributed by atoms with Crippen molar-refractivity contribution in [2.24, 2.45) is 5.92 Å². The number of rotatable bonds is 7. The van der Waals surface area contributed by atoms with Crippen molar-refractivity contribution in [3.05, 3.63) is 59.7 Å². The molecule has 0 spiro atoms. The number of ether oxygens (including phenoxy) is 1. The predicted octanol–water partition coefficient (Wildman–Crippen LogP) is 4.10. The second kappa shape index (κ2) is 9.83. The Morgan fingerprint density at radius 3 is 2.26 bits per heavy atom. The molecule has 2 aromatic carbocycles. The molecule has 1 N–H and O–H groups in total. The molecule has 7 heteroatoms. The van der Waals surface area contributed by atoms with E-state index in [-0.39, 0.29) is 28.7 Å². The Kier molecular flexibility index (Phi) is 7.38. The fraction of sp³-hybridized carbons (Fsp3) is 0.458. The van der Waals surface area contributed by atoms with Gasteiger partial charge in [-0.25, -0.2) is 8.42 Å². The zero-order valence-corrected chi connectivity index (χ0v) is 19.5. The zero-order chi connectivity index (χ0) is 22.6. The van der Waals surface area contributed by atoms with Gasteiger partial charge in [0.05, 0.1) is 13.2 Å². The summed E-state index contributed by atoms with van der Waals surface area (Å²) in [5.41, 5.74) is 2.00. The van der Waals surface area contributed by atoms with Gasteiger partial charge in [-0.1, -0.05) is 50.2 Å². The van der Waals surface area contributed by atoms with Gasteiger partial charge in [-0.15, -0.1) is 0 Å². The molecule has 6 nitrogen and oxygen atoms in total. The van der Waals surface area contributed by atoms with E-state index in [1.54, 1.807) is 12.1 Å². The molecule has 1 aliphatic rings. The van der Waals surface area contributed by atoms with Crippen LogP contribution in [0.3, 0.4) is 0 Å². The van der Waals surface area contributed by atoms with Crippen LogP contribution in [-0.2, 0) is 14.8 Å². The van der Waals surface area contributed by atoms with Crippen LogP contribution in [0.2, 0.25) is 0 Å². The van der Waals surface area contributed by atoms with Crippen molar-refractivity contribution in [2.75, 3.05) is 20.2 Å². The lowest BCUT2D eigenvalue weighted by molar-refractivity contribution is -0.126. The molecule has 0 radical (unpaired) electrons. The first-order chi connectivity index (χ1) is 14.7. The maximum Gasteiger partial charge on any atom is 0.246 e. The van der Waals surface area contributed by atoms with E-state index in [0.29, 0.717) is 31.7 Å². The molecule has 1 aliphatic heterocycles. The minimum Gasteiger partial charge on any atom is -0.495 e. The minimum absolute atomic E-state index is 0.0206. The monoisotopic (exact) mass is 444 g/mol. The molecule has 31 heavy (non-hydrogen) atoms. The van der Waals surface area contributed by atoms with Crippen LogP contribution in [-0.4, -0.2) is 38.8 Å². The molecule has 1 heterocycles. The zero-order valence-electron chi connectivity index (χ0n) is 18.7. The highest BCUT2D eigenvalue weighted by Crippen LogP contribution is 2.32. The lowest BCUT2D eigenvalue weighted by Gasteiger charge is -2.31. The van der Waals surface area contributed by atoms with Crippen molar-refractivity contribution in [1.29, 1.82) is 0 Å². The fourth-order valence-electron chi connectivity index (χ4n) is 3.91. The molecule has 1 amide bonds. The molecule has 1 fully saturated rings. The van der Waals surface area contributed by atoms with Crippen molar-refractivity contribution in [2.45, 2.75) is 50.5 Å². The smallest absolute Gasteiger partial charge is 0.246 e. The number of benzene rings is 2. The summed E-state index contributed by atoms with van der Waals surface area (Å²) in [6, 6.07) is 15.0. The van der Waals surface area contributed by atoms with Gasteiger partial charge < -0.3 is 10.1 Å². The first-order valence-electron chi connectivity index (χ1n) is 10.8. The Morgan fingerprint density at radius 1 is 1.03 bits per heavy atom. The third kappa shape index (κ3) is 5.28. The highest BCUT2D eigenvalue weighted by Gasteiger charge is 2.34. The summed E-state index contributed by atoms with van der Waals surface area (Å²) in [6.45, 7) is 6.64. The number of nitrogens with zero attached hydrogens (tertiary/aromatic N) is 1. The summed E-state index contributed by atoms with van der Waals surface area (Å²) < 4.78 is 33.5. The highest BCUT2D eigenvalue weighted by molar-refractivity contribution is 7.89. The maximum atomic E-state index is 13.3. The molecule has 1 saturated heterocycles. The maximum absolute atomic E-state index is 13.3. The number of carbonyl (C=O) groups is 1. The van der Waals surface area contributed by atoms with E-state index in [1.165, 1.54) is 11.4 Å². The Balaban J connectivity index is 1.67. The van der Waals surface area contributed by atoms with Gasteiger partial charge in [-0.05, 0) is 48.9 Å². The molecule has 0 unspecified atom stereocenters. The van der Waals surface area contributed by atoms with Crippen LogP contribution in [0.15, 0.2) is 53.4 Å². The van der Waals surface area contributed by atoms with Gasteiger partial charge in [0.1, 0.15) is 10.6 Å². The van der Waals surface area contributed by atoms with Crippen molar-refractivity contribution in [1.82, 2.24) is 9.62 Å². The molecule has 0 aromatic heterocycles. The fourth-order valence-corrected chi connectivity index (χ4v) is 5.57. The van der Waals surface area contributed by atoms with E-state index < -0.39 is 10.0 Å². The van der Waals surface area contributed by atoms with Crippen LogP contribution >= 0.6 is 0 Å². The van der Waals surface area contributed by atoms with Gasteiger partial charge in [0.15, 0.2) is 0 Å². The first kappa shape index (κ1) is 23.3. The van der Waals surface area contributed by atoms with Gasteiger partial charge in [-0.2, -0.15) is 4.31 Å². The van der Waals surface area contributed by atoms with Crippen molar-refractivity contribution >= 4 is 15.9 Å². The Hall–Kier alpha value is -2.38. The van der Waals surface area contributed by atoms with Crippen LogP contribution in [0.25, 0.3) is 0 Å². The van der Waals surface area contributed by atoms with E-state index in [4.69, 9.17) is 4.74 Å². The van der Waals surface area contributed by atoms with Gasteiger partial charge in [0.25, 0.3) is 0 Å². The average Bonchev–Trinajstić information content (AvgIpc) is 2.79. The lowest BCUT2D eigenvalue weighted by atomic mass is 9.96. The third-order valence-corrected chi connectivity index (χ3v) is 7.88. The predicted molar refractivity (Wildman–Crippen MR) is 122 cm³/mol. The minimum atomic E-state index is -3.70. The van der Waals surface area contributed by atoms with Crippen molar-refractivity contribution < 1.29 is 17.9 Å². The van der Waals surface area contributed by atoms with Crippen molar-refractivity contribution in [3.8, 4) is 5.75 Å². The molecular formula is C24H32N2O4S. The summed E-state index contributed by atoms with van der Waals surface area (Å²) in [5.74, 6) is 0.344. The third-order valence-electron chi connectivity index (χ3n) is 5.96. The highest BCUT2D eigenvalue weighted by atomic mass is 32.2. The standard InChI is InChI=1S/C24H32N2O4S/c1-17(2)21-10-11-22(30-4)23(16-21)31(28,29)26-14-12-20(13-15-26)24(27)25-18(3)19-8-6-5-7-9-19/h5-11,16-18,20H,12-15H2,1-4H3,(H,25,27)/t18-/m1/s1. The number of piperidine rings is 1. The number of nitrogens with one attached hydrogen (secondary N) is 1. The van der Waals surface area contributed by atoms with Crippen LogP contribution < -0.4 is 10.1 Å². The van der Waals surface area contributed by atoms with Crippen LogP contribution in [0.5, 0.6) is 5.75 Å². The second-order valence-corrected chi connectivity index (χ2v) is 10.3. The van der Waals surface area contributed by atoms with E-state index in [1.807, 2.05) is 57.2 Å². The molecule has 2 aromatic rings. The van der Waals surface area contributed by atoms with Gasteiger partial charge in [0, 0.05) is 19.0 Å². The van der Waals surface area contributed by atoms with Crippen LogP contribution in [0.4, 0.5) is 0 Å². The normalized spacial score (nSPS) is 16.8. The molecule has 1 atom stereocenters. The number of carbonyl (C=O) groups excluding carboxylic acids is 1. The molecule has 0 aliphatic carbocycles. The largest absolute Gasteiger partial charge is 0.495 e. The first-order valence-corrected chi connectivity index (χ1v) is 12.2. The molecular weight excluding hydrogens is 412 g/mol. The Bertz CT molecular complexity index is 997. The van der Waals surface area contributed by atoms with Gasteiger partial charge >= 0.3 is 0 Å². The summed E-state index contributed by atoms with van der Waals surface area (Å²) in [4.78, 5) is 12.9. The average molecular weight is 445 g/mol. The van der Waals surface area contributed by atoms with Crippen LogP contribution in [0, 0.1) is 5.92 Å². The van der Waals surface area contributed by atoms with E-state index in [2.05, 4.69) is 5.32 Å². The summed E-state index contributed by atoms with van der Waals surface area (Å²) in [7, 11) is -2.22. The van der Waals surface area contributed by atoms with E-state index in [0.717, 1.165) is 11.1 Å². The topological polar surface area (TPSA) is 75.7 Å². The molecule has 0 bridgehead atoms. The second-order valence-electron chi connectivity index (χ2n) is 8.38. The molecule has 3 rings (SSSR count). The van der Waals surface area contributed by atoms with E-state index in [9.17, 15) is 13.2 Å². The molecule has 168 valence electrons. The number of hydrogen-bond donors (Lipinski definition) is 1. The quantitative estimate of drug-likeness (QED) is 0.698. The van der Waals surface area contributed by atoms with Crippen molar-refractivity contribution in [3.63, 3.8) is 0 Å². The van der Waals surface area contributed by atoms with Gasteiger partial charge in [-0.3, -0.25) is 4.79 Å². The van der Waals surface area contributed by atoms with E-state index >= 15 is 0 Å². The Labute approximate surface area is 185 Å². The van der Waals surface area contributed by atoms with Crippen LogP contribution in [0.1, 0.15) is 56.7 Å². The number of hydrogen-bond acceptors (Lipinski definition) is 4. The summed E-state index contributed by atoms with van der Waals surface area (Å²) in [6.07, 6.45) is 0.998. The summed E-state index contributed by atoms with van der Waals surface area (Å²) in [5, 5.41) is 3.06.